The number of nitrogens with one attached hydrogen (secondary N) is 1. The van der Waals surface area contributed by atoms with Gasteiger partial charge in [0.1, 0.15) is 5.75 Å². The van der Waals surface area contributed by atoms with Crippen molar-refractivity contribution in [3.8, 4) is 5.75 Å². The summed E-state index contributed by atoms with van der Waals surface area (Å²) in [5, 5.41) is 3.61. The molecule has 0 saturated carbocycles. The third-order valence-corrected chi connectivity index (χ3v) is 3.85. The zero-order chi connectivity index (χ0) is 15.3. The third-order valence-electron chi connectivity index (χ3n) is 3.85. The molecule has 2 nitrogen and oxygen atoms in total. The topological polar surface area (TPSA) is 21.3 Å². The Labute approximate surface area is 131 Å². The summed E-state index contributed by atoms with van der Waals surface area (Å²) >= 11 is 0. The third kappa shape index (κ3) is 6.99. The molecule has 0 aliphatic heterocycles. The summed E-state index contributed by atoms with van der Waals surface area (Å²) in [6, 6.07) is 8.89. The lowest BCUT2D eigenvalue weighted by Gasteiger charge is -2.20. The normalized spacial score (nSPS) is 12.3. The van der Waals surface area contributed by atoms with Crippen molar-refractivity contribution >= 4 is 0 Å². The van der Waals surface area contributed by atoms with E-state index < -0.39 is 0 Å². The molecule has 21 heavy (non-hydrogen) atoms. The summed E-state index contributed by atoms with van der Waals surface area (Å²) in [6.45, 7) is 8.59. The van der Waals surface area contributed by atoms with Gasteiger partial charge in [-0.1, -0.05) is 64.7 Å². The number of rotatable bonds is 12. The Morgan fingerprint density at radius 2 is 1.71 bits per heavy atom. The highest BCUT2D eigenvalue weighted by molar-refractivity contribution is 5.35. The molecule has 0 aliphatic carbocycles. The first-order chi connectivity index (χ1) is 10.3. The van der Waals surface area contributed by atoms with Gasteiger partial charge in [-0.05, 0) is 31.9 Å². The van der Waals surface area contributed by atoms with Gasteiger partial charge in [0.25, 0.3) is 0 Å². The molecular weight excluding hydrogens is 258 g/mol. The predicted octanol–water partition coefficient (Wildman–Crippen LogP) is 5.49. The van der Waals surface area contributed by atoms with E-state index >= 15 is 0 Å². The zero-order valence-electron chi connectivity index (χ0n) is 14.2. The number of unbranched alkanes of at least 4 members (excludes halogenated alkanes) is 4. The van der Waals surface area contributed by atoms with Crippen molar-refractivity contribution < 1.29 is 4.74 Å². The van der Waals surface area contributed by atoms with E-state index in [0.717, 1.165) is 38.2 Å². The molecule has 1 aromatic carbocycles. The van der Waals surface area contributed by atoms with Crippen LogP contribution in [-0.2, 0) is 0 Å². The minimum Gasteiger partial charge on any atom is -0.493 e. The Bertz CT molecular complexity index is 364. The fraction of sp³-hybridized carbons (Fsp3) is 0.684. The van der Waals surface area contributed by atoms with Gasteiger partial charge in [0.05, 0.1) is 6.61 Å². The van der Waals surface area contributed by atoms with E-state index in [1.54, 1.807) is 0 Å². The van der Waals surface area contributed by atoms with Gasteiger partial charge in [-0.2, -0.15) is 0 Å². The van der Waals surface area contributed by atoms with Crippen LogP contribution in [0.5, 0.6) is 5.75 Å². The SMILES string of the molecule is CCCCCCCOc1ccccc1C(CC)NCCC. The van der Waals surface area contributed by atoms with Crippen LogP contribution in [0.1, 0.15) is 77.3 Å². The van der Waals surface area contributed by atoms with E-state index in [0.29, 0.717) is 6.04 Å². The number of ether oxygens (including phenoxy) is 1. The highest BCUT2D eigenvalue weighted by Crippen LogP contribution is 2.27. The second-order valence-electron chi connectivity index (χ2n) is 5.72. The molecule has 1 rings (SSSR count). The second-order valence-corrected chi connectivity index (χ2v) is 5.72. The Morgan fingerprint density at radius 1 is 0.952 bits per heavy atom. The lowest BCUT2D eigenvalue weighted by molar-refractivity contribution is 0.297. The number of para-hydroxylation sites is 1. The predicted molar refractivity (Wildman–Crippen MR) is 92.0 cm³/mol. The molecule has 2 heteroatoms. The largest absolute Gasteiger partial charge is 0.493 e. The van der Waals surface area contributed by atoms with E-state index in [1.165, 1.54) is 31.2 Å². The molecule has 1 N–H and O–H groups in total. The zero-order valence-corrected chi connectivity index (χ0v) is 14.2. The molecule has 0 fully saturated rings. The molecule has 0 bridgehead atoms. The van der Waals surface area contributed by atoms with Crippen LogP contribution in [-0.4, -0.2) is 13.2 Å². The van der Waals surface area contributed by atoms with Crippen LogP contribution in [0.2, 0.25) is 0 Å². The summed E-state index contributed by atoms with van der Waals surface area (Å²) in [5.74, 6) is 1.06. The van der Waals surface area contributed by atoms with Crippen LogP contribution in [0.15, 0.2) is 24.3 Å². The van der Waals surface area contributed by atoms with Crippen molar-refractivity contribution in [2.75, 3.05) is 13.2 Å². The van der Waals surface area contributed by atoms with Crippen LogP contribution in [0.25, 0.3) is 0 Å². The molecule has 1 unspecified atom stereocenters. The molecule has 1 atom stereocenters. The van der Waals surface area contributed by atoms with Gasteiger partial charge in [0, 0.05) is 11.6 Å². The average molecular weight is 291 g/mol. The summed E-state index contributed by atoms with van der Waals surface area (Å²) in [5.41, 5.74) is 1.31. The fourth-order valence-corrected chi connectivity index (χ4v) is 2.58. The molecule has 0 saturated heterocycles. The molecule has 0 heterocycles. The van der Waals surface area contributed by atoms with Gasteiger partial charge in [-0.25, -0.2) is 0 Å². The van der Waals surface area contributed by atoms with Gasteiger partial charge >= 0.3 is 0 Å². The maximum Gasteiger partial charge on any atom is 0.124 e. The maximum atomic E-state index is 6.04. The molecule has 0 aliphatic rings. The van der Waals surface area contributed by atoms with Gasteiger partial charge in [0.2, 0.25) is 0 Å². The molecule has 120 valence electrons. The Hall–Kier alpha value is -1.02. The molecule has 0 spiro atoms. The van der Waals surface area contributed by atoms with Gasteiger partial charge < -0.3 is 10.1 Å². The fourth-order valence-electron chi connectivity index (χ4n) is 2.58. The molecule has 0 amide bonds. The van der Waals surface area contributed by atoms with E-state index in [4.69, 9.17) is 4.74 Å². The standard InChI is InChI=1S/C19H33NO/c1-4-7-8-9-12-16-21-19-14-11-10-13-17(19)18(6-3)20-15-5-2/h10-11,13-14,18,20H,4-9,12,15-16H2,1-3H3. The molecule has 0 aromatic heterocycles. The minimum atomic E-state index is 0.404. The van der Waals surface area contributed by atoms with Crippen LogP contribution >= 0.6 is 0 Å². The summed E-state index contributed by atoms with van der Waals surface area (Å²) in [4.78, 5) is 0. The smallest absolute Gasteiger partial charge is 0.124 e. The average Bonchev–Trinajstić information content (AvgIpc) is 2.52. The number of hydrogen-bond acceptors (Lipinski definition) is 2. The van der Waals surface area contributed by atoms with E-state index in [2.05, 4.69) is 50.4 Å². The number of hydrogen-bond donors (Lipinski definition) is 1. The van der Waals surface area contributed by atoms with Crippen molar-refractivity contribution in [3.63, 3.8) is 0 Å². The highest BCUT2D eigenvalue weighted by Gasteiger charge is 2.13. The van der Waals surface area contributed by atoms with E-state index in [9.17, 15) is 0 Å². The van der Waals surface area contributed by atoms with E-state index in [1.807, 2.05) is 0 Å². The summed E-state index contributed by atoms with van der Waals surface area (Å²) < 4.78 is 6.04. The van der Waals surface area contributed by atoms with Crippen molar-refractivity contribution in [2.45, 2.75) is 71.8 Å². The maximum absolute atomic E-state index is 6.04. The molecule has 0 radical (unpaired) electrons. The Kier molecular flexibility index (Phi) is 9.98. The first kappa shape index (κ1) is 18.0. The lowest BCUT2D eigenvalue weighted by atomic mass is 10.0. The monoisotopic (exact) mass is 291 g/mol. The van der Waals surface area contributed by atoms with Gasteiger partial charge in [-0.3, -0.25) is 0 Å². The Balaban J connectivity index is 2.49. The van der Waals surface area contributed by atoms with Gasteiger partial charge in [-0.15, -0.1) is 0 Å². The minimum absolute atomic E-state index is 0.404. The number of benzene rings is 1. The van der Waals surface area contributed by atoms with Crippen molar-refractivity contribution in [2.24, 2.45) is 0 Å². The van der Waals surface area contributed by atoms with Crippen LogP contribution in [0, 0.1) is 0 Å². The molecular formula is C19H33NO. The first-order valence-corrected chi connectivity index (χ1v) is 8.78. The van der Waals surface area contributed by atoms with Crippen LogP contribution in [0.3, 0.4) is 0 Å². The second kappa shape index (κ2) is 11.6. The molecule has 1 aromatic rings. The van der Waals surface area contributed by atoms with Gasteiger partial charge in [0.15, 0.2) is 0 Å². The van der Waals surface area contributed by atoms with Crippen molar-refractivity contribution in [1.29, 1.82) is 0 Å². The van der Waals surface area contributed by atoms with Crippen molar-refractivity contribution in [3.05, 3.63) is 29.8 Å². The van der Waals surface area contributed by atoms with Crippen LogP contribution < -0.4 is 10.1 Å². The van der Waals surface area contributed by atoms with E-state index in [-0.39, 0.29) is 0 Å². The summed E-state index contributed by atoms with van der Waals surface area (Å²) in [6.07, 6.45) is 8.67. The highest BCUT2D eigenvalue weighted by atomic mass is 16.5. The Morgan fingerprint density at radius 3 is 2.43 bits per heavy atom. The van der Waals surface area contributed by atoms with Crippen molar-refractivity contribution in [1.82, 2.24) is 5.32 Å². The first-order valence-electron chi connectivity index (χ1n) is 8.78. The van der Waals surface area contributed by atoms with Crippen LogP contribution in [0.4, 0.5) is 0 Å². The lowest BCUT2D eigenvalue weighted by Crippen LogP contribution is -2.22. The summed E-state index contributed by atoms with van der Waals surface area (Å²) in [7, 11) is 0. The quantitative estimate of drug-likeness (QED) is 0.514.